The number of rotatable bonds is 6. The lowest BCUT2D eigenvalue weighted by Crippen LogP contribution is -2.46. The van der Waals surface area contributed by atoms with Crippen LogP contribution in [0.1, 0.15) is 50.1 Å². The highest BCUT2D eigenvalue weighted by atomic mass is 15.3. The molecule has 1 aliphatic heterocycles. The summed E-state index contributed by atoms with van der Waals surface area (Å²) in [4.78, 5) is 20.9. The molecule has 4 heterocycles. The fourth-order valence-corrected chi connectivity index (χ4v) is 4.85. The van der Waals surface area contributed by atoms with Gasteiger partial charge in [-0.3, -0.25) is 0 Å². The van der Waals surface area contributed by atoms with Gasteiger partial charge >= 0.3 is 0 Å². The Bertz CT molecular complexity index is 1080. The molecule has 6 rings (SSSR count). The van der Waals surface area contributed by atoms with Gasteiger partial charge in [-0.1, -0.05) is 0 Å². The Balaban J connectivity index is 1.21. The maximum atomic E-state index is 4.79. The molecular weight excluding hydrogens is 388 g/mol. The van der Waals surface area contributed by atoms with Gasteiger partial charge < -0.3 is 14.7 Å². The Morgan fingerprint density at radius 2 is 1.61 bits per heavy atom. The Labute approximate surface area is 182 Å². The minimum Gasteiger partial charge on any atom is -0.363 e. The monoisotopic (exact) mass is 418 g/mol. The standard InChI is InChI=1S/C23H30N8/c1-28(2)21-14-22(26-15-25-21)31(17-5-6-17)18-7-10-29(11-8-18)23-20-13-19(16-3-4-16)27-30(20)12-9-24-23/h9,12-18H,3-8,10-11H2,1-2H3. The zero-order valence-corrected chi connectivity index (χ0v) is 18.4. The van der Waals surface area contributed by atoms with Gasteiger partial charge in [0.05, 0.1) is 5.69 Å². The topological polar surface area (TPSA) is 65.7 Å². The highest BCUT2D eigenvalue weighted by Gasteiger charge is 2.37. The minimum atomic E-state index is 0.514. The van der Waals surface area contributed by atoms with Gasteiger partial charge in [-0.05, 0) is 44.6 Å². The van der Waals surface area contributed by atoms with Gasteiger partial charge in [-0.2, -0.15) is 5.10 Å². The summed E-state index contributed by atoms with van der Waals surface area (Å²) in [7, 11) is 4.06. The van der Waals surface area contributed by atoms with Gasteiger partial charge in [-0.15, -0.1) is 0 Å². The largest absolute Gasteiger partial charge is 0.363 e. The molecule has 3 aromatic heterocycles. The zero-order valence-electron chi connectivity index (χ0n) is 18.4. The van der Waals surface area contributed by atoms with Crippen LogP contribution < -0.4 is 14.7 Å². The van der Waals surface area contributed by atoms with Crippen molar-refractivity contribution in [3.05, 3.63) is 36.5 Å². The van der Waals surface area contributed by atoms with Crippen molar-refractivity contribution in [3.8, 4) is 0 Å². The molecular formula is C23H30N8. The minimum absolute atomic E-state index is 0.514. The van der Waals surface area contributed by atoms with E-state index in [1.165, 1.54) is 31.4 Å². The van der Waals surface area contributed by atoms with E-state index in [4.69, 9.17) is 10.1 Å². The molecule has 0 aromatic carbocycles. The predicted molar refractivity (Wildman–Crippen MR) is 122 cm³/mol. The van der Waals surface area contributed by atoms with E-state index in [-0.39, 0.29) is 0 Å². The Hall–Kier alpha value is -2.90. The average molecular weight is 419 g/mol. The van der Waals surface area contributed by atoms with Crippen molar-refractivity contribution < 1.29 is 0 Å². The van der Waals surface area contributed by atoms with Crippen molar-refractivity contribution >= 4 is 23.0 Å². The summed E-state index contributed by atoms with van der Waals surface area (Å²) in [5.74, 6) is 3.78. The molecule has 1 saturated heterocycles. The number of fused-ring (bicyclic) bond motifs is 1. The SMILES string of the molecule is CN(C)c1cc(N(C2CC2)C2CCN(c3nccn4nc(C5CC5)cc34)CC2)ncn1. The van der Waals surface area contributed by atoms with Crippen molar-refractivity contribution in [1.82, 2.24) is 24.6 Å². The average Bonchev–Trinajstić information content (AvgIpc) is 3.73. The number of aromatic nitrogens is 5. The maximum Gasteiger partial charge on any atom is 0.154 e. The molecule has 2 saturated carbocycles. The van der Waals surface area contributed by atoms with Crippen LogP contribution >= 0.6 is 0 Å². The lowest BCUT2D eigenvalue weighted by atomic mass is 10.0. The van der Waals surface area contributed by atoms with Crippen LogP contribution in [0, 0.1) is 0 Å². The highest BCUT2D eigenvalue weighted by molar-refractivity contribution is 5.69. The predicted octanol–water partition coefficient (Wildman–Crippen LogP) is 3.10. The van der Waals surface area contributed by atoms with Gasteiger partial charge in [0.2, 0.25) is 0 Å². The number of hydrogen-bond acceptors (Lipinski definition) is 7. The van der Waals surface area contributed by atoms with E-state index < -0.39 is 0 Å². The first-order valence-corrected chi connectivity index (χ1v) is 11.5. The fourth-order valence-electron chi connectivity index (χ4n) is 4.85. The van der Waals surface area contributed by atoms with Crippen molar-refractivity contribution in [2.24, 2.45) is 0 Å². The van der Waals surface area contributed by atoms with E-state index in [9.17, 15) is 0 Å². The summed E-state index contributed by atoms with van der Waals surface area (Å²) in [5.41, 5.74) is 2.37. The second-order valence-corrected chi connectivity index (χ2v) is 9.41. The third-order valence-electron chi connectivity index (χ3n) is 6.84. The van der Waals surface area contributed by atoms with Gasteiger partial charge in [0.1, 0.15) is 23.5 Å². The molecule has 0 bridgehead atoms. The van der Waals surface area contributed by atoms with Gasteiger partial charge in [-0.25, -0.2) is 19.5 Å². The molecule has 31 heavy (non-hydrogen) atoms. The molecule has 0 atom stereocenters. The van der Waals surface area contributed by atoms with Crippen LogP contribution in [0.25, 0.3) is 5.52 Å². The molecule has 3 fully saturated rings. The highest BCUT2D eigenvalue weighted by Crippen LogP contribution is 2.40. The second kappa shape index (κ2) is 7.35. The zero-order chi connectivity index (χ0) is 20.9. The summed E-state index contributed by atoms with van der Waals surface area (Å²) >= 11 is 0. The van der Waals surface area contributed by atoms with Crippen LogP contribution in [0.3, 0.4) is 0 Å². The molecule has 8 heteroatoms. The summed E-state index contributed by atoms with van der Waals surface area (Å²) < 4.78 is 2.02. The maximum absolute atomic E-state index is 4.79. The first kappa shape index (κ1) is 18.8. The third kappa shape index (κ3) is 3.58. The summed E-state index contributed by atoms with van der Waals surface area (Å²) in [6.07, 6.45) is 12.9. The van der Waals surface area contributed by atoms with Crippen LogP contribution in [0.5, 0.6) is 0 Å². The van der Waals surface area contributed by atoms with E-state index in [0.29, 0.717) is 18.0 Å². The number of hydrogen-bond donors (Lipinski definition) is 0. The van der Waals surface area contributed by atoms with E-state index in [1.807, 2.05) is 35.9 Å². The smallest absolute Gasteiger partial charge is 0.154 e. The van der Waals surface area contributed by atoms with Crippen molar-refractivity contribution in [2.45, 2.75) is 56.5 Å². The van der Waals surface area contributed by atoms with Crippen LogP contribution in [-0.2, 0) is 0 Å². The molecule has 8 nitrogen and oxygen atoms in total. The van der Waals surface area contributed by atoms with E-state index in [1.54, 1.807) is 6.33 Å². The van der Waals surface area contributed by atoms with Crippen molar-refractivity contribution in [1.29, 1.82) is 0 Å². The molecule has 0 unspecified atom stereocenters. The summed E-state index contributed by atoms with van der Waals surface area (Å²) in [6, 6.07) is 5.53. The van der Waals surface area contributed by atoms with E-state index in [0.717, 1.165) is 48.9 Å². The van der Waals surface area contributed by atoms with Crippen LogP contribution in [0.2, 0.25) is 0 Å². The first-order valence-electron chi connectivity index (χ1n) is 11.5. The molecule has 0 spiro atoms. The quantitative estimate of drug-likeness (QED) is 0.609. The van der Waals surface area contributed by atoms with Crippen LogP contribution in [-0.4, -0.2) is 63.8 Å². The molecule has 0 N–H and O–H groups in total. The van der Waals surface area contributed by atoms with Crippen molar-refractivity contribution in [3.63, 3.8) is 0 Å². The van der Waals surface area contributed by atoms with E-state index in [2.05, 4.69) is 31.9 Å². The van der Waals surface area contributed by atoms with Gasteiger partial charge in [0.25, 0.3) is 0 Å². The van der Waals surface area contributed by atoms with E-state index >= 15 is 0 Å². The summed E-state index contributed by atoms with van der Waals surface area (Å²) in [5, 5.41) is 4.79. The van der Waals surface area contributed by atoms with Gasteiger partial charge in [0.15, 0.2) is 5.82 Å². The molecule has 0 radical (unpaired) electrons. The number of piperidine rings is 1. The lowest BCUT2D eigenvalue weighted by Gasteiger charge is -2.40. The number of anilines is 3. The fraction of sp³-hybridized carbons (Fsp3) is 0.565. The number of nitrogens with zero attached hydrogens (tertiary/aromatic N) is 8. The second-order valence-electron chi connectivity index (χ2n) is 9.41. The molecule has 0 amide bonds. The lowest BCUT2D eigenvalue weighted by molar-refractivity contribution is 0.457. The van der Waals surface area contributed by atoms with Crippen molar-refractivity contribution in [2.75, 3.05) is 41.9 Å². The Morgan fingerprint density at radius 3 is 2.32 bits per heavy atom. The molecule has 162 valence electrons. The molecule has 3 aliphatic rings. The third-order valence-corrected chi connectivity index (χ3v) is 6.84. The molecule has 2 aliphatic carbocycles. The van der Waals surface area contributed by atoms with Crippen LogP contribution in [0.15, 0.2) is 30.9 Å². The van der Waals surface area contributed by atoms with Gasteiger partial charge in [0, 0.05) is 63.6 Å². The normalized spacial score (nSPS) is 19.7. The van der Waals surface area contributed by atoms with Crippen LogP contribution in [0.4, 0.5) is 17.5 Å². The Morgan fingerprint density at radius 1 is 0.871 bits per heavy atom. The summed E-state index contributed by atoms with van der Waals surface area (Å²) in [6.45, 7) is 2.02. The first-order chi connectivity index (χ1) is 15.2. The Kier molecular flexibility index (Phi) is 4.47. The molecule has 3 aromatic rings.